The van der Waals surface area contributed by atoms with Gasteiger partial charge in [0, 0.05) is 5.02 Å². The highest BCUT2D eigenvalue weighted by molar-refractivity contribution is 8.08. The van der Waals surface area contributed by atoms with Gasteiger partial charge in [-0.2, -0.15) is 4.99 Å². The Morgan fingerprint density at radius 3 is 2.67 bits per heavy atom. The van der Waals surface area contributed by atoms with Gasteiger partial charge < -0.3 is 9.84 Å². The molecule has 0 amide bonds. The smallest absolute Gasteiger partial charge is 0.355 e. The van der Waals surface area contributed by atoms with Crippen LogP contribution in [0.4, 0.5) is 0 Å². The molecule has 6 nitrogen and oxygen atoms in total. The van der Waals surface area contributed by atoms with Crippen LogP contribution in [0.1, 0.15) is 0 Å². The lowest BCUT2D eigenvalue weighted by Crippen LogP contribution is -2.16. The zero-order valence-corrected chi connectivity index (χ0v) is 10.3. The number of carboxylic acid groups (broad SMARTS) is 1. The largest absolute Gasteiger partial charge is 0.476 e. The molecule has 18 heavy (non-hydrogen) atoms. The van der Waals surface area contributed by atoms with Crippen molar-refractivity contribution in [3.8, 4) is 5.75 Å². The summed E-state index contributed by atoms with van der Waals surface area (Å²) in [5, 5.41) is 8.87. The van der Waals surface area contributed by atoms with Crippen LogP contribution in [-0.4, -0.2) is 24.7 Å². The zero-order valence-electron chi connectivity index (χ0n) is 8.70. The number of halogens is 1. The maximum absolute atomic E-state index is 11.5. The van der Waals surface area contributed by atoms with Gasteiger partial charge >= 0.3 is 11.2 Å². The van der Waals surface area contributed by atoms with E-state index >= 15 is 0 Å². The van der Waals surface area contributed by atoms with Crippen LogP contribution in [0.15, 0.2) is 40.4 Å². The number of aliphatic carboxylic acids is 1. The van der Waals surface area contributed by atoms with Crippen LogP contribution in [0.25, 0.3) is 0 Å². The molecule has 1 N–H and O–H groups in total. The predicted molar refractivity (Wildman–Crippen MR) is 64.2 cm³/mol. The third-order valence-corrected chi connectivity index (χ3v) is 3.37. The van der Waals surface area contributed by atoms with Crippen LogP contribution < -0.4 is 4.74 Å². The summed E-state index contributed by atoms with van der Waals surface area (Å²) in [6, 6.07) is 6.01. The van der Waals surface area contributed by atoms with Gasteiger partial charge in [0.1, 0.15) is 5.75 Å². The quantitative estimate of drug-likeness (QED) is 0.888. The van der Waals surface area contributed by atoms with E-state index < -0.39 is 26.7 Å². The lowest BCUT2D eigenvalue weighted by molar-refractivity contribution is -0.132. The summed E-state index contributed by atoms with van der Waals surface area (Å²) in [7, 11) is -3.95. The topological polar surface area (TPSA) is 93.0 Å². The summed E-state index contributed by atoms with van der Waals surface area (Å²) < 4.78 is 28.1. The maximum atomic E-state index is 11.5. The number of aliphatic imine (C=N–C) groups is 1. The molecule has 0 radical (unpaired) electrons. The van der Waals surface area contributed by atoms with Crippen molar-refractivity contribution in [2.24, 2.45) is 4.99 Å². The third kappa shape index (κ3) is 2.52. The van der Waals surface area contributed by atoms with Crippen LogP contribution in [0.5, 0.6) is 5.75 Å². The Kier molecular flexibility index (Phi) is 3.10. The fourth-order valence-electron chi connectivity index (χ4n) is 1.20. The molecule has 1 aliphatic rings. The van der Waals surface area contributed by atoms with Crippen LogP contribution in [0.2, 0.25) is 5.02 Å². The lowest BCUT2D eigenvalue weighted by Gasteiger charge is -2.03. The number of carbonyl (C=O) groups is 1. The predicted octanol–water partition coefficient (Wildman–Crippen LogP) is 1.43. The van der Waals surface area contributed by atoms with E-state index in [1.807, 2.05) is 0 Å². The standard InChI is InChI=1S/C10H6ClNO5S/c11-6-2-1-3-7(4-6)17-10-12-8(9(13)14)5-18(10,15)16/h1-5H,(H,13,14). The van der Waals surface area contributed by atoms with Crippen molar-refractivity contribution in [3.05, 3.63) is 40.4 Å². The Bertz CT molecular complexity index is 677. The fraction of sp³-hybridized carbons (Fsp3) is 0. The first kappa shape index (κ1) is 12.6. The molecular formula is C10H6ClNO5S. The van der Waals surface area contributed by atoms with Crippen molar-refractivity contribution in [2.75, 3.05) is 0 Å². The highest BCUT2D eigenvalue weighted by Gasteiger charge is 2.30. The molecule has 1 aromatic carbocycles. The highest BCUT2D eigenvalue weighted by atomic mass is 35.5. The first-order valence-electron chi connectivity index (χ1n) is 4.61. The van der Waals surface area contributed by atoms with E-state index in [1.54, 1.807) is 12.1 Å². The molecule has 0 bridgehead atoms. The Morgan fingerprint density at radius 1 is 1.39 bits per heavy atom. The number of nitrogens with zero attached hydrogens (tertiary/aromatic N) is 1. The van der Waals surface area contributed by atoms with E-state index in [-0.39, 0.29) is 5.75 Å². The molecule has 0 aliphatic carbocycles. The number of carboxylic acids is 1. The number of hydrogen-bond acceptors (Lipinski definition) is 5. The minimum atomic E-state index is -3.95. The number of sulfone groups is 1. The number of ether oxygens (including phenoxy) is 1. The monoisotopic (exact) mass is 287 g/mol. The molecule has 1 heterocycles. The van der Waals surface area contributed by atoms with Gasteiger partial charge in [0.15, 0.2) is 5.70 Å². The lowest BCUT2D eigenvalue weighted by atomic mass is 10.3. The first-order chi connectivity index (χ1) is 8.38. The fourth-order valence-corrected chi connectivity index (χ4v) is 2.36. The van der Waals surface area contributed by atoms with Crippen LogP contribution in [-0.2, 0) is 14.6 Å². The second kappa shape index (κ2) is 4.43. The number of benzene rings is 1. The minimum absolute atomic E-state index is 0.157. The Labute approximate surface area is 107 Å². The molecule has 0 spiro atoms. The molecule has 94 valence electrons. The minimum Gasteiger partial charge on any atom is -0.476 e. The second-order valence-electron chi connectivity index (χ2n) is 3.29. The third-order valence-electron chi connectivity index (χ3n) is 1.94. The first-order valence-corrected chi connectivity index (χ1v) is 6.53. The van der Waals surface area contributed by atoms with Crippen molar-refractivity contribution < 1.29 is 23.1 Å². The molecule has 0 atom stereocenters. The van der Waals surface area contributed by atoms with Gasteiger partial charge in [-0.15, -0.1) is 0 Å². The van der Waals surface area contributed by atoms with E-state index in [4.69, 9.17) is 21.4 Å². The van der Waals surface area contributed by atoms with Crippen LogP contribution >= 0.6 is 11.6 Å². The van der Waals surface area contributed by atoms with Crippen molar-refractivity contribution in [1.29, 1.82) is 0 Å². The second-order valence-corrected chi connectivity index (χ2v) is 5.40. The molecule has 1 aromatic rings. The molecule has 0 saturated carbocycles. The normalized spacial score (nSPS) is 16.9. The Morgan fingerprint density at radius 2 is 2.11 bits per heavy atom. The molecule has 0 aromatic heterocycles. The van der Waals surface area contributed by atoms with Crippen LogP contribution in [0, 0.1) is 0 Å². The summed E-state index contributed by atoms with van der Waals surface area (Å²) in [5.74, 6) is -1.28. The van der Waals surface area contributed by atoms with Gasteiger partial charge in [0.2, 0.25) is 0 Å². The average molecular weight is 288 g/mol. The Balaban J connectivity index is 2.32. The van der Waals surface area contributed by atoms with Crippen molar-refractivity contribution in [1.82, 2.24) is 0 Å². The molecule has 8 heteroatoms. The summed E-state index contributed by atoms with van der Waals surface area (Å²) in [4.78, 5) is 14.0. The van der Waals surface area contributed by atoms with Gasteiger partial charge in [-0.1, -0.05) is 17.7 Å². The molecule has 0 unspecified atom stereocenters. The van der Waals surface area contributed by atoms with Crippen molar-refractivity contribution >= 4 is 32.6 Å². The van der Waals surface area contributed by atoms with Gasteiger partial charge in [-0.05, 0) is 18.2 Å². The van der Waals surface area contributed by atoms with Gasteiger partial charge in [0.25, 0.3) is 9.84 Å². The zero-order chi connectivity index (χ0) is 13.3. The number of hydrogen-bond donors (Lipinski definition) is 1. The van der Waals surface area contributed by atoms with Gasteiger partial charge in [0.05, 0.1) is 5.41 Å². The van der Waals surface area contributed by atoms with E-state index in [9.17, 15) is 13.2 Å². The van der Waals surface area contributed by atoms with Gasteiger partial charge in [-0.3, -0.25) is 0 Å². The Hall–Kier alpha value is -1.86. The van der Waals surface area contributed by atoms with E-state index in [0.717, 1.165) is 0 Å². The summed E-state index contributed by atoms with van der Waals surface area (Å²) in [5.41, 5.74) is -0.591. The van der Waals surface area contributed by atoms with Crippen molar-refractivity contribution in [2.45, 2.75) is 0 Å². The SMILES string of the molecule is O=C(O)C1=CS(=O)(=O)C(Oc2cccc(Cl)c2)=N1. The molecule has 2 rings (SSSR count). The summed E-state index contributed by atoms with van der Waals surface area (Å²) >= 11 is 5.70. The van der Waals surface area contributed by atoms with E-state index in [2.05, 4.69) is 4.99 Å². The number of rotatable bonds is 2. The average Bonchev–Trinajstić information content (AvgIpc) is 2.55. The van der Waals surface area contributed by atoms with Crippen molar-refractivity contribution in [3.63, 3.8) is 0 Å². The van der Waals surface area contributed by atoms with E-state index in [1.165, 1.54) is 12.1 Å². The van der Waals surface area contributed by atoms with Gasteiger partial charge in [-0.25, -0.2) is 13.2 Å². The van der Waals surface area contributed by atoms with E-state index in [0.29, 0.717) is 10.4 Å². The highest BCUT2D eigenvalue weighted by Crippen LogP contribution is 2.21. The van der Waals surface area contributed by atoms with Crippen LogP contribution in [0.3, 0.4) is 0 Å². The molecule has 0 fully saturated rings. The molecule has 1 aliphatic heterocycles. The summed E-state index contributed by atoms with van der Waals surface area (Å²) in [6.07, 6.45) is 0. The maximum Gasteiger partial charge on any atom is 0.355 e. The summed E-state index contributed by atoms with van der Waals surface area (Å²) in [6.45, 7) is 0. The molecular weight excluding hydrogens is 282 g/mol. The molecule has 0 saturated heterocycles.